The minimum Gasteiger partial charge on any atom is -0.334 e. The van der Waals surface area contributed by atoms with Crippen molar-refractivity contribution in [2.45, 2.75) is 5.31 Å². The Labute approximate surface area is 41.3 Å². The summed E-state index contributed by atoms with van der Waals surface area (Å²) in [6, 6.07) is 0. The lowest BCUT2D eigenvalue weighted by atomic mass is 11.3. The third-order valence-corrected chi connectivity index (χ3v) is 1.42. The molecule has 0 amide bonds. The molecule has 3 N–H and O–H groups in total. The minimum atomic E-state index is -2.58. The summed E-state index contributed by atoms with van der Waals surface area (Å²) in [4.78, 5) is 0. The van der Waals surface area contributed by atoms with E-state index in [9.17, 15) is 0 Å². The van der Waals surface area contributed by atoms with E-state index in [2.05, 4.69) is 0 Å². The SMILES string of the molecule is OC(O)(O)SP. The van der Waals surface area contributed by atoms with E-state index < -0.39 is 5.31 Å². The maximum atomic E-state index is 7.88. The van der Waals surface area contributed by atoms with Crippen molar-refractivity contribution >= 4 is 19.8 Å². The molecule has 6 heavy (non-hydrogen) atoms. The zero-order chi connectivity index (χ0) is 5.21. The first kappa shape index (κ1) is 6.66. The molecule has 0 heterocycles. The van der Waals surface area contributed by atoms with Gasteiger partial charge in [-0.05, 0) is 11.4 Å². The normalized spacial score (nSPS) is 12.0. The van der Waals surface area contributed by atoms with Crippen molar-refractivity contribution in [2.75, 3.05) is 0 Å². The Bertz CT molecular complexity index is 40.5. The predicted molar refractivity (Wildman–Crippen MR) is 26.7 cm³/mol. The van der Waals surface area contributed by atoms with Crippen LogP contribution in [0.5, 0.6) is 0 Å². The average molecular weight is 128 g/mol. The van der Waals surface area contributed by atoms with Crippen LogP contribution in [0.2, 0.25) is 0 Å². The van der Waals surface area contributed by atoms with E-state index in [4.69, 9.17) is 15.3 Å². The fourth-order valence-electron chi connectivity index (χ4n) is 0. The monoisotopic (exact) mass is 128 g/mol. The van der Waals surface area contributed by atoms with Gasteiger partial charge >= 0.3 is 5.31 Å². The molecule has 0 aliphatic heterocycles. The van der Waals surface area contributed by atoms with Crippen molar-refractivity contribution in [3.05, 3.63) is 0 Å². The highest BCUT2D eigenvalue weighted by molar-refractivity contribution is 8.44. The lowest BCUT2D eigenvalue weighted by Gasteiger charge is -2.06. The van der Waals surface area contributed by atoms with Crippen LogP contribution >= 0.6 is 19.8 Å². The van der Waals surface area contributed by atoms with Gasteiger partial charge in [0, 0.05) is 0 Å². The van der Waals surface area contributed by atoms with Crippen molar-refractivity contribution in [2.24, 2.45) is 0 Å². The molecule has 38 valence electrons. The van der Waals surface area contributed by atoms with E-state index in [0.29, 0.717) is 11.4 Å². The number of aliphatic hydroxyl groups is 3. The first-order valence-corrected chi connectivity index (χ1v) is 3.40. The van der Waals surface area contributed by atoms with Gasteiger partial charge in [-0.2, -0.15) is 0 Å². The van der Waals surface area contributed by atoms with E-state index in [1.165, 1.54) is 0 Å². The summed E-state index contributed by atoms with van der Waals surface area (Å²) in [7, 11) is 1.89. The van der Waals surface area contributed by atoms with Gasteiger partial charge in [-0.3, -0.25) is 0 Å². The first-order chi connectivity index (χ1) is 2.56. The van der Waals surface area contributed by atoms with Crippen LogP contribution in [0, 0.1) is 0 Å². The van der Waals surface area contributed by atoms with Gasteiger partial charge in [0.15, 0.2) is 0 Å². The highest BCUT2D eigenvalue weighted by Gasteiger charge is 2.13. The maximum absolute atomic E-state index is 7.88. The number of hydrogen-bond acceptors (Lipinski definition) is 4. The molecule has 0 aliphatic rings. The second-order valence-electron chi connectivity index (χ2n) is 0.692. The first-order valence-electron chi connectivity index (χ1n) is 1.11. The van der Waals surface area contributed by atoms with Gasteiger partial charge < -0.3 is 15.3 Å². The van der Waals surface area contributed by atoms with Crippen LogP contribution < -0.4 is 0 Å². The third kappa shape index (κ3) is 4.66. The van der Waals surface area contributed by atoms with Crippen molar-refractivity contribution in [3.63, 3.8) is 0 Å². The van der Waals surface area contributed by atoms with E-state index >= 15 is 0 Å². The number of hydrogen-bond donors (Lipinski definition) is 3. The summed E-state index contributed by atoms with van der Waals surface area (Å²) in [6.07, 6.45) is 0. The Balaban J connectivity index is 3.17. The Morgan fingerprint density at radius 2 is 1.50 bits per heavy atom. The molecule has 0 aromatic heterocycles. The second kappa shape index (κ2) is 2.09. The molecule has 1 atom stereocenters. The van der Waals surface area contributed by atoms with Crippen LogP contribution in [0.3, 0.4) is 0 Å². The molecule has 0 bridgehead atoms. The molecule has 1 unspecified atom stereocenters. The van der Waals surface area contributed by atoms with E-state index in [-0.39, 0.29) is 0 Å². The van der Waals surface area contributed by atoms with Gasteiger partial charge in [-0.15, -0.1) is 0 Å². The van der Waals surface area contributed by atoms with Gasteiger partial charge in [0.2, 0.25) is 0 Å². The van der Waals surface area contributed by atoms with Crippen LogP contribution in [-0.4, -0.2) is 20.6 Å². The fourth-order valence-corrected chi connectivity index (χ4v) is 0. The molecule has 0 rings (SSSR count). The summed E-state index contributed by atoms with van der Waals surface area (Å²) >= 11 is 0.465. The predicted octanol–water partition coefficient (Wildman–Crippen LogP) is -0.902. The van der Waals surface area contributed by atoms with E-state index in [1.807, 2.05) is 8.44 Å². The molecular weight excluding hydrogens is 123 g/mol. The molecule has 5 heteroatoms. The van der Waals surface area contributed by atoms with Crippen LogP contribution in [0.1, 0.15) is 0 Å². The van der Waals surface area contributed by atoms with E-state index in [0.717, 1.165) is 0 Å². The van der Waals surface area contributed by atoms with Gasteiger partial charge in [0.05, 0.1) is 0 Å². The number of rotatable bonds is 1. The molecule has 0 saturated carbocycles. The Hall–Kier alpha value is 0.660. The maximum Gasteiger partial charge on any atom is 0.333 e. The highest BCUT2D eigenvalue weighted by atomic mass is 32.7. The molecule has 3 nitrogen and oxygen atoms in total. The van der Waals surface area contributed by atoms with Crippen molar-refractivity contribution in [3.8, 4) is 0 Å². The molecular formula is CH5O3PS. The average Bonchev–Trinajstić information content (AvgIpc) is 1.35. The van der Waals surface area contributed by atoms with Gasteiger partial charge in [0.1, 0.15) is 0 Å². The highest BCUT2D eigenvalue weighted by Crippen LogP contribution is 2.21. The topological polar surface area (TPSA) is 60.7 Å². The zero-order valence-corrected chi connectivity index (χ0v) is 4.80. The largest absolute Gasteiger partial charge is 0.334 e. The van der Waals surface area contributed by atoms with Crippen molar-refractivity contribution in [1.82, 2.24) is 0 Å². The van der Waals surface area contributed by atoms with Crippen molar-refractivity contribution < 1.29 is 15.3 Å². The molecule has 0 aromatic rings. The van der Waals surface area contributed by atoms with Gasteiger partial charge in [0.25, 0.3) is 0 Å². The molecule has 0 aromatic carbocycles. The summed E-state index contributed by atoms with van der Waals surface area (Å²) in [5.74, 6) is 0. The summed E-state index contributed by atoms with van der Waals surface area (Å²) < 4.78 is 0. The Morgan fingerprint density at radius 3 is 1.50 bits per heavy atom. The van der Waals surface area contributed by atoms with Crippen LogP contribution in [0.15, 0.2) is 0 Å². The minimum absolute atomic E-state index is 0.465. The summed E-state index contributed by atoms with van der Waals surface area (Å²) in [5.41, 5.74) is 0. The molecule has 0 spiro atoms. The summed E-state index contributed by atoms with van der Waals surface area (Å²) in [5, 5.41) is 21.1. The molecule has 0 aliphatic carbocycles. The lowest BCUT2D eigenvalue weighted by Crippen LogP contribution is -2.18. The zero-order valence-electron chi connectivity index (χ0n) is 2.83. The Morgan fingerprint density at radius 1 is 1.33 bits per heavy atom. The fraction of sp³-hybridized carbons (Fsp3) is 1.00. The third-order valence-electron chi connectivity index (χ3n) is 0.158. The van der Waals surface area contributed by atoms with Crippen molar-refractivity contribution in [1.29, 1.82) is 0 Å². The second-order valence-corrected chi connectivity index (χ2v) is 2.18. The molecule has 0 fully saturated rings. The van der Waals surface area contributed by atoms with Crippen LogP contribution in [0.4, 0.5) is 0 Å². The lowest BCUT2D eigenvalue weighted by molar-refractivity contribution is -0.233. The summed E-state index contributed by atoms with van der Waals surface area (Å²) in [6.45, 7) is 0. The Kier molecular flexibility index (Phi) is 2.33. The van der Waals surface area contributed by atoms with E-state index in [1.54, 1.807) is 0 Å². The quantitative estimate of drug-likeness (QED) is 0.316. The van der Waals surface area contributed by atoms with Crippen LogP contribution in [0.25, 0.3) is 0 Å². The van der Waals surface area contributed by atoms with Gasteiger partial charge in [-0.1, -0.05) is 8.44 Å². The molecule has 0 radical (unpaired) electrons. The van der Waals surface area contributed by atoms with Gasteiger partial charge in [-0.25, -0.2) is 0 Å². The smallest absolute Gasteiger partial charge is 0.333 e. The standard InChI is InChI=1S/CH5O3PS/c2-1(3,4)6-5/h2-4H,5H2. The van der Waals surface area contributed by atoms with Crippen LogP contribution in [-0.2, 0) is 0 Å². The molecule has 0 saturated heterocycles.